The van der Waals surface area contributed by atoms with Crippen molar-refractivity contribution in [1.29, 1.82) is 0 Å². The smallest absolute Gasteiger partial charge is 0.254 e. The van der Waals surface area contributed by atoms with E-state index in [0.717, 1.165) is 16.5 Å². The monoisotopic (exact) mass is 601 g/mol. The summed E-state index contributed by atoms with van der Waals surface area (Å²) >= 11 is 1.44. The summed E-state index contributed by atoms with van der Waals surface area (Å²) in [4.78, 5) is 42.1. The second-order valence-corrected chi connectivity index (χ2v) is 12.8. The third-order valence-electron chi connectivity index (χ3n) is 7.79. The molecule has 0 spiro atoms. The van der Waals surface area contributed by atoms with Crippen molar-refractivity contribution in [2.45, 2.75) is 56.7 Å². The van der Waals surface area contributed by atoms with Crippen molar-refractivity contribution >= 4 is 40.5 Å². The minimum absolute atomic E-state index is 0.0308. The van der Waals surface area contributed by atoms with E-state index in [-0.39, 0.29) is 36.1 Å². The molecular weight excluding hydrogens is 566 g/mol. The van der Waals surface area contributed by atoms with Gasteiger partial charge in [-0.1, -0.05) is 54.6 Å². The lowest BCUT2D eigenvalue weighted by Crippen LogP contribution is -2.58. The summed E-state index contributed by atoms with van der Waals surface area (Å²) in [7, 11) is 0. The fraction of sp³-hybridized carbons (Fsp3) is 0.303. The van der Waals surface area contributed by atoms with E-state index in [0.29, 0.717) is 11.3 Å². The highest BCUT2D eigenvalue weighted by molar-refractivity contribution is 8.00. The molecule has 1 aromatic heterocycles. The molecule has 4 aromatic rings. The Morgan fingerprint density at radius 2 is 1.77 bits per heavy atom. The molecule has 10 heteroatoms. The van der Waals surface area contributed by atoms with Gasteiger partial charge in [0.25, 0.3) is 11.8 Å². The highest BCUT2D eigenvalue weighted by atomic mass is 32.2. The molecule has 4 N–H and O–H groups in total. The number of nitrogens with zero attached hydrogens (tertiary/aromatic N) is 1. The Labute approximate surface area is 254 Å². The van der Waals surface area contributed by atoms with Crippen molar-refractivity contribution in [3.63, 3.8) is 0 Å². The van der Waals surface area contributed by atoms with Crippen molar-refractivity contribution in [2.24, 2.45) is 0 Å². The summed E-state index contributed by atoms with van der Waals surface area (Å²) in [5, 5.41) is 28.2. The summed E-state index contributed by atoms with van der Waals surface area (Å²) in [6.07, 6.45) is -1.47. The van der Waals surface area contributed by atoms with Crippen LogP contribution in [0.15, 0.2) is 83.3 Å². The maximum atomic E-state index is 13.9. The SMILES string of the molecule is Cc1c(O)cccc1C(=O)NC(Cc1ccccc1)[C@H](O)C(=O)N1CSC(C)(C)[C@H]1C(=O)NCc1cc2ccccc2o1. The second kappa shape index (κ2) is 12.5. The third-order valence-corrected chi connectivity index (χ3v) is 9.16. The van der Waals surface area contributed by atoms with Gasteiger partial charge in [-0.3, -0.25) is 14.4 Å². The maximum absolute atomic E-state index is 13.9. The van der Waals surface area contributed by atoms with Crippen LogP contribution in [-0.4, -0.2) is 61.6 Å². The Morgan fingerprint density at radius 1 is 1.05 bits per heavy atom. The zero-order valence-electron chi connectivity index (χ0n) is 24.2. The van der Waals surface area contributed by atoms with Crippen LogP contribution < -0.4 is 10.6 Å². The molecule has 1 fully saturated rings. The summed E-state index contributed by atoms with van der Waals surface area (Å²) in [6.45, 7) is 5.54. The summed E-state index contributed by atoms with van der Waals surface area (Å²) < 4.78 is 5.19. The van der Waals surface area contributed by atoms with E-state index in [1.165, 1.54) is 22.7 Å². The van der Waals surface area contributed by atoms with Crippen LogP contribution >= 0.6 is 11.8 Å². The minimum atomic E-state index is -1.64. The number of para-hydroxylation sites is 1. The molecule has 0 aliphatic carbocycles. The average molecular weight is 602 g/mol. The fourth-order valence-electron chi connectivity index (χ4n) is 5.37. The number of hydrogen-bond acceptors (Lipinski definition) is 7. The number of amides is 3. The molecule has 0 saturated carbocycles. The molecule has 3 amide bonds. The van der Waals surface area contributed by atoms with Crippen LogP contribution in [0.4, 0.5) is 0 Å². The Balaban J connectivity index is 1.35. The van der Waals surface area contributed by atoms with Gasteiger partial charge in [0.1, 0.15) is 23.1 Å². The number of fused-ring (bicyclic) bond motifs is 1. The van der Waals surface area contributed by atoms with Gasteiger partial charge in [0.05, 0.1) is 18.5 Å². The van der Waals surface area contributed by atoms with Crippen LogP contribution in [0, 0.1) is 6.92 Å². The molecule has 2 heterocycles. The number of aliphatic hydroxyl groups excluding tert-OH is 1. The standard InChI is InChI=1S/C33H35N3O6S/c1-20-24(13-9-14-26(20)37)30(39)35-25(16-21-10-5-4-6-11-21)28(38)32(41)36-19-43-33(2,3)29(36)31(40)34-18-23-17-22-12-7-8-15-27(22)42-23/h4-15,17,25,28-29,37-38H,16,18-19H2,1-3H3,(H,34,40)(H,35,39)/t25?,28-,29+/m0/s1. The van der Waals surface area contributed by atoms with E-state index in [1.807, 2.05) is 74.5 Å². The van der Waals surface area contributed by atoms with Crippen molar-refractivity contribution in [2.75, 3.05) is 5.88 Å². The number of nitrogens with one attached hydrogen (secondary N) is 2. The molecule has 1 aliphatic rings. The lowest BCUT2D eigenvalue weighted by atomic mass is 9.96. The maximum Gasteiger partial charge on any atom is 0.254 e. The van der Waals surface area contributed by atoms with Crippen molar-refractivity contribution in [3.8, 4) is 5.75 Å². The van der Waals surface area contributed by atoms with Crippen molar-refractivity contribution < 1.29 is 29.0 Å². The average Bonchev–Trinajstić information content (AvgIpc) is 3.56. The van der Waals surface area contributed by atoms with Crippen LogP contribution in [0.1, 0.15) is 41.1 Å². The minimum Gasteiger partial charge on any atom is -0.508 e. The van der Waals surface area contributed by atoms with E-state index in [4.69, 9.17) is 4.42 Å². The molecule has 0 radical (unpaired) electrons. The number of carbonyl (C=O) groups excluding carboxylic acids is 3. The van der Waals surface area contributed by atoms with Gasteiger partial charge in [-0.25, -0.2) is 0 Å². The molecule has 0 bridgehead atoms. The van der Waals surface area contributed by atoms with Crippen LogP contribution in [0.3, 0.4) is 0 Å². The molecule has 1 aliphatic heterocycles. The number of aliphatic hydroxyl groups is 1. The molecule has 1 unspecified atom stereocenters. The second-order valence-electron chi connectivity index (χ2n) is 11.2. The van der Waals surface area contributed by atoms with Crippen LogP contribution in [0.5, 0.6) is 5.75 Å². The van der Waals surface area contributed by atoms with Crippen LogP contribution in [0.2, 0.25) is 0 Å². The van der Waals surface area contributed by atoms with E-state index in [2.05, 4.69) is 10.6 Å². The van der Waals surface area contributed by atoms with E-state index < -0.39 is 34.7 Å². The lowest BCUT2D eigenvalue weighted by Gasteiger charge is -2.33. The van der Waals surface area contributed by atoms with E-state index >= 15 is 0 Å². The van der Waals surface area contributed by atoms with Gasteiger partial charge < -0.3 is 30.2 Å². The number of aromatic hydroxyl groups is 1. The van der Waals surface area contributed by atoms with Gasteiger partial charge in [0.2, 0.25) is 5.91 Å². The van der Waals surface area contributed by atoms with Crippen molar-refractivity contribution in [3.05, 3.63) is 101 Å². The topological polar surface area (TPSA) is 132 Å². The summed E-state index contributed by atoms with van der Waals surface area (Å²) in [5.74, 6) is -0.799. The number of hydrogen-bond donors (Lipinski definition) is 4. The normalized spacial score (nSPS) is 17.4. The Hall–Kier alpha value is -4.28. The van der Waals surface area contributed by atoms with Gasteiger partial charge >= 0.3 is 0 Å². The highest BCUT2D eigenvalue weighted by Crippen LogP contribution is 2.40. The van der Waals surface area contributed by atoms with E-state index in [1.54, 1.807) is 19.1 Å². The highest BCUT2D eigenvalue weighted by Gasteiger charge is 2.49. The lowest BCUT2D eigenvalue weighted by molar-refractivity contribution is -0.147. The molecule has 5 rings (SSSR count). The number of carbonyl (C=O) groups is 3. The first-order chi connectivity index (χ1) is 20.5. The third kappa shape index (κ3) is 6.55. The molecule has 3 aromatic carbocycles. The van der Waals surface area contributed by atoms with Crippen LogP contribution in [0.25, 0.3) is 11.0 Å². The molecule has 224 valence electrons. The number of furan rings is 1. The van der Waals surface area contributed by atoms with Gasteiger partial charge in [-0.05, 0) is 57.0 Å². The zero-order chi connectivity index (χ0) is 30.7. The number of rotatable bonds is 9. The predicted octanol–water partition coefficient (Wildman–Crippen LogP) is 4.15. The Morgan fingerprint density at radius 3 is 2.51 bits per heavy atom. The number of phenols is 1. The molecule has 9 nitrogen and oxygen atoms in total. The number of phenolic OH excluding ortho intramolecular Hbond substituents is 1. The van der Waals surface area contributed by atoms with Crippen molar-refractivity contribution in [1.82, 2.24) is 15.5 Å². The molecule has 43 heavy (non-hydrogen) atoms. The first-order valence-corrected chi connectivity index (χ1v) is 15.0. The van der Waals surface area contributed by atoms with Gasteiger partial charge in [-0.15, -0.1) is 11.8 Å². The predicted molar refractivity (Wildman–Crippen MR) is 165 cm³/mol. The van der Waals surface area contributed by atoms with E-state index in [9.17, 15) is 24.6 Å². The Bertz CT molecular complexity index is 1600. The first-order valence-electron chi connectivity index (χ1n) is 14.1. The van der Waals surface area contributed by atoms with Crippen LogP contribution in [-0.2, 0) is 22.6 Å². The van der Waals surface area contributed by atoms with Gasteiger partial charge in [0, 0.05) is 21.3 Å². The largest absolute Gasteiger partial charge is 0.508 e. The summed E-state index contributed by atoms with van der Waals surface area (Å²) in [6, 6.07) is 21.4. The number of thioether (sulfide) groups is 1. The molecule has 1 saturated heterocycles. The Kier molecular flexibility index (Phi) is 8.79. The molecule has 3 atom stereocenters. The molecular formula is C33H35N3O6S. The quantitative estimate of drug-likeness (QED) is 0.227. The van der Waals surface area contributed by atoms with Gasteiger partial charge in [-0.2, -0.15) is 0 Å². The summed E-state index contributed by atoms with van der Waals surface area (Å²) in [5.41, 5.74) is 2.15. The van der Waals surface area contributed by atoms with Gasteiger partial charge in [0.15, 0.2) is 6.10 Å². The fourth-order valence-corrected chi connectivity index (χ4v) is 6.52. The zero-order valence-corrected chi connectivity index (χ0v) is 25.1. The first kappa shape index (κ1) is 30.2. The number of benzene rings is 3.